The van der Waals surface area contributed by atoms with Crippen LogP contribution >= 0.6 is 27.3 Å². The van der Waals surface area contributed by atoms with Gasteiger partial charge in [-0.25, -0.2) is 9.79 Å². The molecular formula is C35H29BrN2O4S. The Hall–Kier alpha value is -4.27. The molecule has 0 spiro atoms. The summed E-state index contributed by atoms with van der Waals surface area (Å²) in [6, 6.07) is 28.5. The number of furan rings is 1. The zero-order valence-electron chi connectivity index (χ0n) is 23.9. The molecule has 3 heterocycles. The average Bonchev–Trinajstić information content (AvgIpc) is 3.61. The van der Waals surface area contributed by atoms with Gasteiger partial charge in [-0.05, 0) is 48.2 Å². The number of rotatable bonds is 7. The van der Waals surface area contributed by atoms with Gasteiger partial charge in [-0.2, -0.15) is 0 Å². The lowest BCUT2D eigenvalue weighted by Gasteiger charge is -2.26. The summed E-state index contributed by atoms with van der Waals surface area (Å²) in [5.41, 5.74) is 4.26. The van der Waals surface area contributed by atoms with Crippen LogP contribution in [0.2, 0.25) is 0 Å². The summed E-state index contributed by atoms with van der Waals surface area (Å²) in [4.78, 5) is 33.2. The fraction of sp³-hybridized carbons (Fsp3) is 0.171. The normalized spacial score (nSPS) is 15.0. The van der Waals surface area contributed by atoms with E-state index in [4.69, 9.17) is 14.1 Å². The maximum absolute atomic E-state index is 14.1. The molecule has 0 unspecified atom stereocenters. The van der Waals surface area contributed by atoms with Gasteiger partial charge in [0.25, 0.3) is 5.56 Å². The largest absolute Gasteiger partial charge is 0.463 e. The molecule has 0 saturated carbocycles. The first-order chi connectivity index (χ1) is 20.8. The minimum atomic E-state index is -0.719. The topological polar surface area (TPSA) is 73.8 Å². The van der Waals surface area contributed by atoms with Crippen LogP contribution in [0.25, 0.3) is 23.1 Å². The number of fused-ring (bicyclic) bond motifs is 1. The van der Waals surface area contributed by atoms with E-state index in [0.717, 1.165) is 21.2 Å². The van der Waals surface area contributed by atoms with Crippen molar-refractivity contribution in [2.24, 2.45) is 4.99 Å². The van der Waals surface area contributed by atoms with Crippen LogP contribution in [0.5, 0.6) is 0 Å². The van der Waals surface area contributed by atoms with E-state index >= 15 is 0 Å². The van der Waals surface area contributed by atoms with E-state index in [1.807, 2.05) is 91.0 Å². The molecule has 8 heteroatoms. The zero-order chi connectivity index (χ0) is 30.1. The van der Waals surface area contributed by atoms with E-state index in [-0.39, 0.29) is 12.2 Å². The van der Waals surface area contributed by atoms with Crippen LogP contribution in [-0.2, 0) is 9.53 Å². The molecule has 0 aliphatic carbocycles. The lowest BCUT2D eigenvalue weighted by molar-refractivity contribution is -0.138. The number of aromatic nitrogens is 1. The molecule has 1 aliphatic heterocycles. The van der Waals surface area contributed by atoms with Crippen molar-refractivity contribution >= 4 is 45.0 Å². The number of benzene rings is 3. The van der Waals surface area contributed by atoms with Gasteiger partial charge in [-0.15, -0.1) is 0 Å². The van der Waals surface area contributed by atoms with Crippen LogP contribution < -0.4 is 14.9 Å². The summed E-state index contributed by atoms with van der Waals surface area (Å²) in [5.74, 6) is 1.09. The minimum Gasteiger partial charge on any atom is -0.463 e. The van der Waals surface area contributed by atoms with E-state index < -0.39 is 12.0 Å². The third kappa shape index (κ3) is 5.72. The van der Waals surface area contributed by atoms with Crippen molar-refractivity contribution in [2.75, 3.05) is 6.61 Å². The van der Waals surface area contributed by atoms with Gasteiger partial charge in [0.1, 0.15) is 11.5 Å². The Morgan fingerprint density at radius 3 is 2.40 bits per heavy atom. The van der Waals surface area contributed by atoms with Crippen LogP contribution in [0.4, 0.5) is 0 Å². The second kappa shape index (κ2) is 12.1. The maximum atomic E-state index is 14.1. The second-order valence-electron chi connectivity index (χ2n) is 10.5. The Balaban J connectivity index is 1.55. The Bertz CT molecular complexity index is 2000. The highest BCUT2D eigenvalue weighted by atomic mass is 79.9. The van der Waals surface area contributed by atoms with E-state index in [9.17, 15) is 9.59 Å². The Labute approximate surface area is 261 Å². The lowest BCUT2D eigenvalue weighted by Crippen LogP contribution is -2.40. The number of thiazole rings is 1. The summed E-state index contributed by atoms with van der Waals surface area (Å²) in [6.45, 7) is 6.24. The molecule has 6 nitrogen and oxygen atoms in total. The van der Waals surface area contributed by atoms with Gasteiger partial charge in [0.15, 0.2) is 4.80 Å². The third-order valence-corrected chi connectivity index (χ3v) is 8.83. The fourth-order valence-corrected chi connectivity index (χ4v) is 6.39. The number of ether oxygens (including phenoxy) is 1. The third-order valence-electron chi connectivity index (χ3n) is 7.32. The predicted octanol–water partition coefficient (Wildman–Crippen LogP) is 7.08. The summed E-state index contributed by atoms with van der Waals surface area (Å²) in [7, 11) is 0. The highest BCUT2D eigenvalue weighted by Crippen LogP contribution is 2.35. The zero-order valence-corrected chi connectivity index (χ0v) is 26.3. The average molecular weight is 654 g/mol. The number of carbonyl (C=O) groups excluding carboxylic acids is 1. The van der Waals surface area contributed by atoms with Crippen LogP contribution in [0.15, 0.2) is 115 Å². The predicted molar refractivity (Wildman–Crippen MR) is 173 cm³/mol. The van der Waals surface area contributed by atoms with Gasteiger partial charge in [-0.1, -0.05) is 108 Å². The summed E-state index contributed by atoms with van der Waals surface area (Å²) >= 11 is 4.73. The molecule has 6 rings (SSSR count). The van der Waals surface area contributed by atoms with Gasteiger partial charge in [-0.3, -0.25) is 9.36 Å². The lowest BCUT2D eigenvalue weighted by atomic mass is 9.91. The molecule has 1 atom stereocenters. The number of halogens is 1. The summed E-state index contributed by atoms with van der Waals surface area (Å²) in [6.07, 6.45) is 1.74. The molecule has 0 saturated heterocycles. The van der Waals surface area contributed by atoms with E-state index in [0.29, 0.717) is 38.0 Å². The quantitative estimate of drug-likeness (QED) is 0.176. The van der Waals surface area contributed by atoms with Crippen molar-refractivity contribution in [2.45, 2.75) is 32.7 Å². The Kier molecular flexibility index (Phi) is 8.15. The second-order valence-corrected chi connectivity index (χ2v) is 12.4. The number of hydrogen-bond donors (Lipinski definition) is 0. The summed E-state index contributed by atoms with van der Waals surface area (Å²) < 4.78 is 14.7. The van der Waals surface area contributed by atoms with E-state index in [1.165, 1.54) is 16.9 Å². The first-order valence-electron chi connectivity index (χ1n) is 14.1. The van der Waals surface area contributed by atoms with Crippen molar-refractivity contribution in [3.8, 4) is 11.3 Å². The number of nitrogens with zero attached hydrogens (tertiary/aromatic N) is 2. The number of carbonyl (C=O) groups is 1. The molecule has 216 valence electrons. The smallest absolute Gasteiger partial charge is 0.338 e. The highest BCUT2D eigenvalue weighted by Gasteiger charge is 2.35. The first kappa shape index (κ1) is 28.8. The molecular weight excluding hydrogens is 624 g/mol. The van der Waals surface area contributed by atoms with Crippen molar-refractivity contribution < 1.29 is 13.9 Å². The van der Waals surface area contributed by atoms with Crippen LogP contribution in [0.1, 0.15) is 55.2 Å². The van der Waals surface area contributed by atoms with Gasteiger partial charge in [0.2, 0.25) is 0 Å². The first-order valence-corrected chi connectivity index (χ1v) is 15.7. The van der Waals surface area contributed by atoms with Gasteiger partial charge < -0.3 is 9.15 Å². The molecule has 1 aliphatic rings. The molecule has 0 fully saturated rings. The Morgan fingerprint density at radius 2 is 1.72 bits per heavy atom. The fourth-order valence-electron chi connectivity index (χ4n) is 5.15. The molecule has 3 aromatic carbocycles. The van der Waals surface area contributed by atoms with Gasteiger partial charge in [0.05, 0.1) is 28.5 Å². The van der Waals surface area contributed by atoms with Gasteiger partial charge >= 0.3 is 5.97 Å². The van der Waals surface area contributed by atoms with Crippen molar-refractivity contribution in [1.29, 1.82) is 0 Å². The molecule has 5 aromatic rings. The van der Waals surface area contributed by atoms with Gasteiger partial charge in [0, 0.05) is 21.7 Å². The van der Waals surface area contributed by atoms with Crippen LogP contribution in [0, 0.1) is 0 Å². The number of hydrogen-bond acceptors (Lipinski definition) is 6. The molecule has 0 radical (unpaired) electrons. The van der Waals surface area contributed by atoms with Crippen molar-refractivity contribution in [1.82, 2.24) is 4.57 Å². The molecule has 43 heavy (non-hydrogen) atoms. The highest BCUT2D eigenvalue weighted by molar-refractivity contribution is 9.10. The van der Waals surface area contributed by atoms with E-state index in [1.54, 1.807) is 17.6 Å². The van der Waals surface area contributed by atoms with Crippen LogP contribution in [0.3, 0.4) is 0 Å². The SMILES string of the molecule is CCOC(=O)C1=C(c2ccccc2)N=c2s/c(=C\c3ccc(-c4ccc(Br)cc4)o3)c(=O)n2[C@H]1c1ccc(C(C)C)cc1. The molecule has 0 N–H and O–H groups in total. The monoisotopic (exact) mass is 652 g/mol. The molecule has 0 bridgehead atoms. The maximum Gasteiger partial charge on any atom is 0.338 e. The minimum absolute atomic E-state index is 0.201. The van der Waals surface area contributed by atoms with Crippen molar-refractivity contribution in [3.63, 3.8) is 0 Å². The summed E-state index contributed by atoms with van der Waals surface area (Å²) in [5, 5.41) is 0. The Morgan fingerprint density at radius 1 is 1.00 bits per heavy atom. The van der Waals surface area contributed by atoms with Crippen molar-refractivity contribution in [3.05, 3.63) is 143 Å². The van der Waals surface area contributed by atoms with E-state index in [2.05, 4.69) is 29.8 Å². The molecule has 0 amide bonds. The number of esters is 1. The van der Waals surface area contributed by atoms with Crippen LogP contribution in [-0.4, -0.2) is 17.1 Å². The standard InChI is InChI=1S/C35H29BrN2O4S/c1-4-41-34(40)30-31(24-8-6-5-7-9-24)37-35-38(32(30)25-12-10-22(11-13-25)21(2)3)33(39)29(43-35)20-27-18-19-28(42-27)23-14-16-26(36)17-15-23/h5-21,32H,4H2,1-3H3/b29-20-/t32-/m0/s1. The molecule has 2 aromatic heterocycles.